The van der Waals surface area contributed by atoms with Gasteiger partial charge in [-0.15, -0.1) is 0 Å². The first kappa shape index (κ1) is 15.7. The van der Waals surface area contributed by atoms with E-state index in [0.717, 1.165) is 6.42 Å². The summed E-state index contributed by atoms with van der Waals surface area (Å²) in [7, 11) is 0. The third-order valence-corrected chi connectivity index (χ3v) is 5.39. The largest absolute Gasteiger partial charge is 0.336 e. The topological polar surface area (TPSA) is 55.9 Å². The molecule has 2 unspecified atom stereocenters. The lowest BCUT2D eigenvalue weighted by molar-refractivity contribution is -0.122. The Bertz CT molecular complexity index is 701. The van der Waals surface area contributed by atoms with E-state index in [4.69, 9.17) is 11.6 Å². The van der Waals surface area contributed by atoms with Gasteiger partial charge in [-0.1, -0.05) is 11.6 Å². The van der Waals surface area contributed by atoms with E-state index in [1.807, 2.05) is 4.90 Å². The van der Waals surface area contributed by atoms with Crippen molar-refractivity contribution in [2.75, 3.05) is 37.6 Å². The number of anilines is 1. The minimum atomic E-state index is -0.488. The molecular formula is C16H18ClFN4O2. The van der Waals surface area contributed by atoms with E-state index in [1.165, 1.54) is 12.1 Å². The molecule has 6 nitrogen and oxygen atoms in total. The van der Waals surface area contributed by atoms with Crippen LogP contribution in [-0.4, -0.2) is 66.5 Å². The van der Waals surface area contributed by atoms with Gasteiger partial charge in [0.2, 0.25) is 5.91 Å². The number of amides is 3. The number of hydrogen-bond donors (Lipinski definition) is 1. The van der Waals surface area contributed by atoms with E-state index in [2.05, 4.69) is 10.2 Å². The van der Waals surface area contributed by atoms with Gasteiger partial charge in [-0.3, -0.25) is 9.69 Å². The van der Waals surface area contributed by atoms with Crippen molar-refractivity contribution in [3.8, 4) is 0 Å². The van der Waals surface area contributed by atoms with Crippen LogP contribution in [0.5, 0.6) is 0 Å². The first-order valence-electron chi connectivity index (χ1n) is 8.09. The maximum absolute atomic E-state index is 13.3. The fourth-order valence-electron chi connectivity index (χ4n) is 3.82. The smallest absolute Gasteiger partial charge is 0.317 e. The highest BCUT2D eigenvalue weighted by molar-refractivity contribution is 6.31. The number of nitrogens with one attached hydrogen (secondary N) is 1. The summed E-state index contributed by atoms with van der Waals surface area (Å²) in [6.07, 6.45) is 0.724. The van der Waals surface area contributed by atoms with Crippen LogP contribution in [0.3, 0.4) is 0 Å². The Morgan fingerprint density at radius 2 is 2.04 bits per heavy atom. The standard InChI is InChI=1S/C16H18ClFN4O2/c17-12-7-10(1-2-13(12)18)21-4-3-14(15(21)23)20-5-6-22-11(9-20)8-19-16(22)24/h1-2,7,11,14H,3-6,8-9H2,(H,19,24). The Kier molecular flexibility index (Phi) is 3.85. The fourth-order valence-corrected chi connectivity index (χ4v) is 4.00. The summed E-state index contributed by atoms with van der Waals surface area (Å²) in [5.41, 5.74) is 0.630. The number of halogens is 2. The molecule has 0 aliphatic carbocycles. The van der Waals surface area contributed by atoms with Crippen LogP contribution in [0.15, 0.2) is 18.2 Å². The molecule has 1 aromatic carbocycles. The number of benzene rings is 1. The van der Waals surface area contributed by atoms with Crippen molar-refractivity contribution in [2.24, 2.45) is 0 Å². The van der Waals surface area contributed by atoms with Gasteiger partial charge in [0.25, 0.3) is 0 Å². The lowest BCUT2D eigenvalue weighted by Crippen LogP contribution is -2.56. The van der Waals surface area contributed by atoms with E-state index in [-0.39, 0.29) is 29.0 Å². The zero-order valence-corrected chi connectivity index (χ0v) is 13.8. The van der Waals surface area contributed by atoms with Gasteiger partial charge < -0.3 is 15.1 Å². The van der Waals surface area contributed by atoms with Crippen LogP contribution in [-0.2, 0) is 4.79 Å². The summed E-state index contributed by atoms with van der Waals surface area (Å²) >= 11 is 5.83. The maximum Gasteiger partial charge on any atom is 0.317 e. The van der Waals surface area contributed by atoms with Crippen molar-refractivity contribution < 1.29 is 14.0 Å². The predicted octanol–water partition coefficient (Wildman–Crippen LogP) is 1.29. The number of urea groups is 1. The highest BCUT2D eigenvalue weighted by atomic mass is 35.5. The maximum atomic E-state index is 13.3. The molecule has 3 saturated heterocycles. The van der Waals surface area contributed by atoms with Crippen molar-refractivity contribution in [1.29, 1.82) is 0 Å². The third kappa shape index (κ3) is 2.52. The molecule has 1 N–H and O–H groups in total. The molecule has 0 radical (unpaired) electrons. The Balaban J connectivity index is 1.47. The van der Waals surface area contributed by atoms with Crippen LogP contribution >= 0.6 is 11.6 Å². The SMILES string of the molecule is O=C1C(N2CCN3C(=O)NCC3C2)CCN1c1ccc(F)c(Cl)c1. The molecule has 8 heteroatoms. The first-order chi connectivity index (χ1) is 11.5. The van der Waals surface area contributed by atoms with E-state index in [9.17, 15) is 14.0 Å². The third-order valence-electron chi connectivity index (χ3n) is 5.10. The van der Waals surface area contributed by atoms with Gasteiger partial charge in [-0.05, 0) is 24.6 Å². The molecule has 0 bridgehead atoms. The first-order valence-corrected chi connectivity index (χ1v) is 8.47. The average Bonchev–Trinajstić information content (AvgIpc) is 3.13. The zero-order valence-electron chi connectivity index (χ0n) is 13.0. The van der Waals surface area contributed by atoms with Crippen LogP contribution in [0, 0.1) is 5.82 Å². The van der Waals surface area contributed by atoms with Crippen molar-refractivity contribution in [1.82, 2.24) is 15.1 Å². The Morgan fingerprint density at radius 1 is 1.21 bits per heavy atom. The number of hydrogen-bond acceptors (Lipinski definition) is 3. The quantitative estimate of drug-likeness (QED) is 0.872. The molecule has 3 fully saturated rings. The number of nitrogens with zero attached hydrogens (tertiary/aromatic N) is 3. The monoisotopic (exact) mass is 352 g/mol. The van der Waals surface area contributed by atoms with Gasteiger partial charge in [0.15, 0.2) is 0 Å². The summed E-state index contributed by atoms with van der Waals surface area (Å²) in [5, 5.41) is 2.87. The van der Waals surface area contributed by atoms with Gasteiger partial charge in [-0.2, -0.15) is 0 Å². The number of piperazine rings is 1. The molecular weight excluding hydrogens is 335 g/mol. The molecule has 3 aliphatic rings. The Morgan fingerprint density at radius 3 is 2.83 bits per heavy atom. The number of carbonyl (C=O) groups is 2. The molecule has 1 aromatic rings. The molecule has 2 atom stereocenters. The van der Waals surface area contributed by atoms with Crippen molar-refractivity contribution >= 4 is 29.2 Å². The summed E-state index contributed by atoms with van der Waals surface area (Å²) in [6, 6.07) is 4.29. The Hall–Kier alpha value is -1.86. The highest BCUT2D eigenvalue weighted by Crippen LogP contribution is 2.29. The summed E-state index contributed by atoms with van der Waals surface area (Å²) in [4.78, 5) is 30.2. The fraction of sp³-hybridized carbons (Fsp3) is 0.500. The van der Waals surface area contributed by atoms with Crippen molar-refractivity contribution in [2.45, 2.75) is 18.5 Å². The molecule has 0 aromatic heterocycles. The zero-order chi connectivity index (χ0) is 16.8. The van der Waals surface area contributed by atoms with Gasteiger partial charge in [0, 0.05) is 38.4 Å². The number of fused-ring (bicyclic) bond motifs is 1. The van der Waals surface area contributed by atoms with Crippen LogP contribution in [0.2, 0.25) is 5.02 Å². The minimum Gasteiger partial charge on any atom is -0.336 e. The van der Waals surface area contributed by atoms with Crippen LogP contribution in [0.25, 0.3) is 0 Å². The molecule has 128 valence electrons. The summed E-state index contributed by atoms with van der Waals surface area (Å²) in [5.74, 6) is -0.471. The second kappa shape index (κ2) is 5.89. The van der Waals surface area contributed by atoms with E-state index >= 15 is 0 Å². The second-order valence-electron chi connectivity index (χ2n) is 6.42. The molecule has 3 aliphatic heterocycles. The normalized spacial score (nSPS) is 27.6. The molecule has 3 amide bonds. The molecule has 4 rings (SSSR count). The van der Waals surface area contributed by atoms with E-state index in [0.29, 0.717) is 38.4 Å². The van der Waals surface area contributed by atoms with Gasteiger partial charge in [0.05, 0.1) is 17.1 Å². The average molecular weight is 353 g/mol. The predicted molar refractivity (Wildman–Crippen MR) is 87.6 cm³/mol. The highest BCUT2D eigenvalue weighted by Gasteiger charge is 2.42. The van der Waals surface area contributed by atoms with E-state index in [1.54, 1.807) is 11.0 Å². The van der Waals surface area contributed by atoms with E-state index < -0.39 is 5.82 Å². The molecule has 3 heterocycles. The van der Waals surface area contributed by atoms with Gasteiger partial charge in [-0.25, -0.2) is 9.18 Å². The molecule has 24 heavy (non-hydrogen) atoms. The van der Waals surface area contributed by atoms with Crippen molar-refractivity contribution in [3.63, 3.8) is 0 Å². The summed E-state index contributed by atoms with van der Waals surface area (Å²) < 4.78 is 13.3. The van der Waals surface area contributed by atoms with Gasteiger partial charge in [0.1, 0.15) is 5.82 Å². The van der Waals surface area contributed by atoms with Crippen LogP contribution in [0.1, 0.15) is 6.42 Å². The lowest BCUT2D eigenvalue weighted by Gasteiger charge is -2.38. The summed E-state index contributed by atoms with van der Waals surface area (Å²) in [6.45, 7) is 3.26. The molecule has 0 saturated carbocycles. The Labute approximate surface area is 144 Å². The number of rotatable bonds is 2. The van der Waals surface area contributed by atoms with Crippen LogP contribution in [0.4, 0.5) is 14.9 Å². The van der Waals surface area contributed by atoms with Crippen molar-refractivity contribution in [3.05, 3.63) is 29.0 Å². The van der Waals surface area contributed by atoms with Gasteiger partial charge >= 0.3 is 6.03 Å². The van der Waals surface area contributed by atoms with Crippen LogP contribution < -0.4 is 10.2 Å². The second-order valence-corrected chi connectivity index (χ2v) is 6.83. The number of carbonyl (C=O) groups excluding carboxylic acids is 2. The minimum absolute atomic E-state index is 0.0139. The lowest BCUT2D eigenvalue weighted by atomic mass is 10.1. The molecule has 0 spiro atoms.